The fourth-order valence-electron chi connectivity index (χ4n) is 8.29. The van der Waals surface area contributed by atoms with Gasteiger partial charge in [0.1, 0.15) is 69.3 Å². The van der Waals surface area contributed by atoms with Gasteiger partial charge in [-0.1, -0.05) is 12.1 Å². The molecule has 0 aliphatic carbocycles. The van der Waals surface area contributed by atoms with Crippen molar-refractivity contribution in [1.82, 2.24) is 19.9 Å². The van der Waals surface area contributed by atoms with Crippen LogP contribution in [0.4, 0.5) is 70.2 Å². The molecular formula is C56H42Br4F16N8O8. The Labute approximate surface area is 542 Å². The van der Waals surface area contributed by atoms with Gasteiger partial charge in [0, 0.05) is 114 Å². The molecule has 0 unspecified atom stereocenters. The minimum absolute atomic E-state index is 0. The molecule has 4 heterocycles. The highest BCUT2D eigenvalue weighted by molar-refractivity contribution is 9.11. The van der Waals surface area contributed by atoms with E-state index in [1.807, 2.05) is 0 Å². The van der Waals surface area contributed by atoms with E-state index in [4.69, 9.17) is 11.5 Å². The Hall–Kier alpha value is -7.16. The maximum absolute atomic E-state index is 14.8. The molecule has 0 fully saturated rings. The number of aromatic nitrogens is 4. The summed E-state index contributed by atoms with van der Waals surface area (Å²) in [6.07, 6.45) is 4.22. The van der Waals surface area contributed by atoms with Crippen molar-refractivity contribution in [2.24, 2.45) is 11.5 Å². The minimum Gasteiger partial charge on any atom is -0.377 e. The number of pyridine rings is 4. The Morgan fingerprint density at radius 2 is 0.565 bits per heavy atom. The van der Waals surface area contributed by atoms with Crippen molar-refractivity contribution >= 4 is 63.7 Å². The first-order valence-electron chi connectivity index (χ1n) is 24.9. The summed E-state index contributed by atoms with van der Waals surface area (Å²) in [4.78, 5) is 33.0. The number of benzene rings is 4. The molecule has 0 aliphatic rings. The minimum atomic E-state index is -4.32. The van der Waals surface area contributed by atoms with Gasteiger partial charge < -0.3 is 31.9 Å². The lowest BCUT2D eigenvalue weighted by Gasteiger charge is -2.35. The maximum Gasteiger partial charge on any atom is 0.328 e. The molecule has 0 saturated heterocycles. The lowest BCUT2D eigenvalue weighted by molar-refractivity contribution is -0.514. The summed E-state index contributed by atoms with van der Waals surface area (Å²) in [7, 11) is 0. The summed E-state index contributed by atoms with van der Waals surface area (Å²) in [5, 5.41) is 63.0. The molecule has 36 heteroatoms. The fraction of sp³-hybridized carbons (Fsp3) is 0.214. The topological polar surface area (TPSA) is 271 Å². The van der Waals surface area contributed by atoms with Crippen LogP contribution < -0.4 is 11.5 Å². The van der Waals surface area contributed by atoms with Crippen molar-refractivity contribution in [3.63, 3.8) is 0 Å². The molecule has 0 amide bonds. The first-order chi connectivity index (χ1) is 42.6. The van der Waals surface area contributed by atoms with Crippen molar-refractivity contribution in [2.75, 3.05) is 26.2 Å². The van der Waals surface area contributed by atoms with E-state index in [2.05, 4.69) is 83.7 Å². The number of nitrogens with two attached hydrogens (primary N) is 2. The molecule has 8 aromatic rings. The van der Waals surface area contributed by atoms with Crippen LogP contribution in [-0.2, 0) is 46.1 Å². The van der Waals surface area contributed by atoms with E-state index in [1.54, 1.807) is 0 Å². The summed E-state index contributed by atoms with van der Waals surface area (Å²) in [5.74, 6) is -26.4. The standard InChI is InChI=1S/2C14H9BrF4N2O3.2C14H11BrF4N2O.H2/c2*15-8-1-4-12(20-6-8)14(18,19)13(22,7-21(23)24)10-3-2-9(16)5-11(10)17;2*15-8-1-4-12(21-6-8)14(18,19)13(22,7-20)10-3-2-9(16)5-11(10)17;/h2*1-6,22H,7H2;2*1-6,22H,7,20H2;1H/t4*13-;/m1010./s1. The largest absolute Gasteiger partial charge is 0.377 e. The van der Waals surface area contributed by atoms with Crippen LogP contribution in [0.2, 0.25) is 0 Å². The normalized spacial score (nSPS) is 14.5. The van der Waals surface area contributed by atoms with E-state index in [0.717, 1.165) is 73.3 Å². The van der Waals surface area contributed by atoms with Crippen LogP contribution in [0.1, 0.15) is 46.5 Å². The van der Waals surface area contributed by atoms with Gasteiger partial charge in [0.2, 0.25) is 24.3 Å². The first kappa shape index (κ1) is 75.6. The molecular weight excluding hydrogens is 1540 g/mol. The van der Waals surface area contributed by atoms with Crippen LogP contribution in [-0.4, -0.2) is 76.4 Å². The molecule has 4 atom stereocenters. The predicted molar refractivity (Wildman–Crippen MR) is 308 cm³/mol. The summed E-state index contributed by atoms with van der Waals surface area (Å²) in [6, 6.07) is 15.2. The fourth-order valence-corrected chi connectivity index (χ4v) is 9.23. The maximum atomic E-state index is 14.8. The monoisotopic (exact) mass is 1570 g/mol. The Morgan fingerprint density at radius 3 is 0.728 bits per heavy atom. The molecule has 0 radical (unpaired) electrons. The lowest BCUT2D eigenvalue weighted by atomic mass is 9.84. The van der Waals surface area contributed by atoms with Gasteiger partial charge in [0.25, 0.3) is 0 Å². The van der Waals surface area contributed by atoms with Gasteiger partial charge in [-0.05, 0) is 149 Å². The molecule has 8 N–H and O–H groups in total. The quantitative estimate of drug-likeness (QED) is 0.0265. The predicted octanol–water partition coefficient (Wildman–Crippen LogP) is 13.1. The van der Waals surface area contributed by atoms with E-state index in [0.29, 0.717) is 54.3 Å². The van der Waals surface area contributed by atoms with E-state index >= 15 is 0 Å². The number of rotatable bonds is 18. The van der Waals surface area contributed by atoms with Gasteiger partial charge >= 0.3 is 23.7 Å². The molecule has 494 valence electrons. The van der Waals surface area contributed by atoms with Crippen molar-refractivity contribution in [3.05, 3.63) is 276 Å². The second-order valence-electron chi connectivity index (χ2n) is 19.1. The van der Waals surface area contributed by atoms with Crippen LogP contribution in [0.25, 0.3) is 0 Å². The van der Waals surface area contributed by atoms with Gasteiger partial charge in [-0.2, -0.15) is 35.1 Å². The lowest BCUT2D eigenvalue weighted by Crippen LogP contribution is -2.50. The number of nitro groups is 2. The van der Waals surface area contributed by atoms with Crippen molar-refractivity contribution in [2.45, 2.75) is 46.1 Å². The number of hydrogen-bond acceptors (Lipinski definition) is 14. The highest BCUT2D eigenvalue weighted by Crippen LogP contribution is 2.49. The summed E-state index contributed by atoms with van der Waals surface area (Å²) >= 11 is 12.1. The number of alkyl halides is 8. The third kappa shape index (κ3) is 16.2. The van der Waals surface area contributed by atoms with Crippen LogP contribution >= 0.6 is 63.7 Å². The van der Waals surface area contributed by atoms with E-state index in [-0.39, 0.29) is 13.6 Å². The van der Waals surface area contributed by atoms with E-state index in [1.165, 1.54) is 24.3 Å². The SMILES string of the molecule is NC[C@@](O)(c1ccc(F)cc1F)C(F)(F)c1ccc(Br)cn1.NC[C@](O)(c1ccc(F)cc1F)C(F)(F)c1ccc(Br)cn1.O=[N+]([O-])C[C@@](O)(c1ccc(F)cc1F)C(F)(F)c1ccc(Br)cn1.O=[N+]([O-])C[C@](O)(c1ccc(F)cc1F)C(F)(F)c1ccc(Br)cn1.[HH]. The van der Waals surface area contributed by atoms with Gasteiger partial charge in [-0.3, -0.25) is 40.2 Å². The molecule has 4 aromatic carbocycles. The van der Waals surface area contributed by atoms with Crippen LogP contribution in [0.15, 0.2) is 164 Å². The molecule has 16 nitrogen and oxygen atoms in total. The van der Waals surface area contributed by atoms with Crippen LogP contribution in [0.5, 0.6) is 0 Å². The number of nitrogens with zero attached hydrogens (tertiary/aromatic N) is 6. The van der Waals surface area contributed by atoms with Crippen molar-refractivity contribution in [1.29, 1.82) is 0 Å². The van der Waals surface area contributed by atoms with Gasteiger partial charge in [0.05, 0.1) is 0 Å². The summed E-state index contributed by atoms with van der Waals surface area (Å²) in [5.41, 5.74) is -10.1. The van der Waals surface area contributed by atoms with E-state index < -0.39 is 174 Å². The highest BCUT2D eigenvalue weighted by atomic mass is 79.9. The highest BCUT2D eigenvalue weighted by Gasteiger charge is 2.63. The molecule has 0 bridgehead atoms. The molecule has 92 heavy (non-hydrogen) atoms. The Kier molecular flexibility index (Phi) is 24.5. The molecule has 0 saturated carbocycles. The second kappa shape index (κ2) is 29.8. The Morgan fingerprint density at radius 1 is 0.370 bits per heavy atom. The zero-order valence-corrected chi connectivity index (χ0v) is 51.8. The Balaban J connectivity index is 0.000000264. The smallest absolute Gasteiger partial charge is 0.328 e. The van der Waals surface area contributed by atoms with Gasteiger partial charge in [0.15, 0.2) is 11.2 Å². The zero-order valence-electron chi connectivity index (χ0n) is 45.5. The Bertz CT molecular complexity index is 3670. The third-order valence-corrected chi connectivity index (χ3v) is 15.0. The second-order valence-corrected chi connectivity index (χ2v) is 22.7. The van der Waals surface area contributed by atoms with Crippen molar-refractivity contribution in [3.8, 4) is 0 Å². The van der Waals surface area contributed by atoms with Crippen molar-refractivity contribution < 1.29 is 102 Å². The van der Waals surface area contributed by atoms with E-state index in [9.17, 15) is 111 Å². The van der Waals surface area contributed by atoms with Gasteiger partial charge in [-0.15, -0.1) is 0 Å². The van der Waals surface area contributed by atoms with Gasteiger partial charge in [-0.25, -0.2) is 35.1 Å². The first-order valence-corrected chi connectivity index (χ1v) is 28.1. The number of hydrogen-bond donors (Lipinski definition) is 6. The zero-order chi connectivity index (χ0) is 69.3. The molecule has 4 aromatic heterocycles. The average molecular weight is 1580 g/mol. The van der Waals surface area contributed by atoms with Crippen LogP contribution in [0.3, 0.4) is 0 Å². The van der Waals surface area contributed by atoms with Crippen LogP contribution in [0, 0.1) is 66.8 Å². The molecule has 0 aliphatic heterocycles. The number of aliphatic hydroxyl groups is 4. The number of halogens is 20. The summed E-state index contributed by atoms with van der Waals surface area (Å²) in [6.45, 7) is -5.39. The molecule has 8 rings (SSSR count). The molecule has 0 spiro atoms. The summed E-state index contributed by atoms with van der Waals surface area (Å²) < 4.78 is 227. The third-order valence-electron chi connectivity index (χ3n) is 13.1. The average Bonchev–Trinajstić information content (AvgIpc) is 0.795.